The SMILES string of the molecule is CCOc1cc(/C=C2\SC(=S)N(c3ccc(C)cc3C)C2=O)ccc1OCc1cccc([N+](=O)[O-])c1. The van der Waals surface area contributed by atoms with Crippen LogP contribution in [0, 0.1) is 24.0 Å². The zero-order valence-corrected chi connectivity index (χ0v) is 21.7. The number of thioether (sulfide) groups is 1. The highest BCUT2D eigenvalue weighted by Crippen LogP contribution is 2.38. The van der Waals surface area contributed by atoms with Crippen molar-refractivity contribution in [2.24, 2.45) is 0 Å². The lowest BCUT2D eigenvalue weighted by Crippen LogP contribution is -2.28. The van der Waals surface area contributed by atoms with Crippen molar-refractivity contribution < 1.29 is 19.2 Å². The van der Waals surface area contributed by atoms with E-state index in [0.717, 1.165) is 22.4 Å². The summed E-state index contributed by atoms with van der Waals surface area (Å²) in [4.78, 5) is 25.9. The average Bonchev–Trinajstić information content (AvgIpc) is 3.11. The number of thiocarbonyl (C=S) groups is 1. The van der Waals surface area contributed by atoms with Crippen LogP contribution in [0.1, 0.15) is 29.2 Å². The molecule has 9 heteroatoms. The van der Waals surface area contributed by atoms with E-state index >= 15 is 0 Å². The number of nitro benzene ring substituents is 1. The Bertz CT molecular complexity index is 1390. The molecule has 0 unspecified atom stereocenters. The van der Waals surface area contributed by atoms with Gasteiger partial charge in [-0.2, -0.15) is 0 Å². The van der Waals surface area contributed by atoms with E-state index in [-0.39, 0.29) is 18.2 Å². The molecule has 3 aromatic carbocycles. The molecule has 1 saturated heterocycles. The van der Waals surface area contributed by atoms with Crippen molar-refractivity contribution in [1.82, 2.24) is 0 Å². The van der Waals surface area contributed by atoms with Gasteiger partial charge in [0, 0.05) is 12.1 Å². The van der Waals surface area contributed by atoms with Gasteiger partial charge in [-0.05, 0) is 61.7 Å². The lowest BCUT2D eigenvalue weighted by atomic mass is 10.1. The normalized spacial score (nSPS) is 14.4. The maximum absolute atomic E-state index is 13.2. The van der Waals surface area contributed by atoms with E-state index in [2.05, 4.69) is 0 Å². The molecule has 0 bridgehead atoms. The zero-order valence-electron chi connectivity index (χ0n) is 20.0. The van der Waals surface area contributed by atoms with Crippen LogP contribution in [-0.4, -0.2) is 21.8 Å². The van der Waals surface area contributed by atoms with Crippen LogP contribution in [0.3, 0.4) is 0 Å². The van der Waals surface area contributed by atoms with Crippen molar-refractivity contribution >= 4 is 51.7 Å². The highest BCUT2D eigenvalue weighted by Gasteiger charge is 2.34. The number of amides is 1. The van der Waals surface area contributed by atoms with Crippen LogP contribution in [0.15, 0.2) is 65.6 Å². The molecule has 1 amide bonds. The summed E-state index contributed by atoms with van der Waals surface area (Å²) in [5, 5.41) is 11.0. The minimum atomic E-state index is -0.438. The highest BCUT2D eigenvalue weighted by molar-refractivity contribution is 8.27. The second-order valence-corrected chi connectivity index (χ2v) is 9.84. The molecule has 0 N–H and O–H groups in total. The van der Waals surface area contributed by atoms with Gasteiger partial charge in [-0.1, -0.05) is 59.9 Å². The summed E-state index contributed by atoms with van der Waals surface area (Å²) in [5.41, 5.74) is 4.33. The lowest BCUT2D eigenvalue weighted by Gasteiger charge is -2.17. The predicted octanol–water partition coefficient (Wildman–Crippen LogP) is 6.60. The maximum Gasteiger partial charge on any atom is 0.270 e. The summed E-state index contributed by atoms with van der Waals surface area (Å²) < 4.78 is 12.2. The number of nitrogens with zero attached hydrogens (tertiary/aromatic N) is 2. The number of nitro groups is 1. The van der Waals surface area contributed by atoms with Gasteiger partial charge >= 0.3 is 0 Å². The molecule has 0 aliphatic carbocycles. The Balaban J connectivity index is 1.55. The third-order valence-corrected chi connectivity index (χ3v) is 6.77. The van der Waals surface area contributed by atoms with Crippen molar-refractivity contribution in [1.29, 1.82) is 0 Å². The Morgan fingerprint density at radius 1 is 1.06 bits per heavy atom. The fourth-order valence-electron chi connectivity index (χ4n) is 3.81. The fraction of sp³-hybridized carbons (Fsp3) is 0.185. The Kier molecular flexibility index (Phi) is 7.71. The molecule has 1 aliphatic heterocycles. The number of carbonyl (C=O) groups excluding carboxylic acids is 1. The minimum absolute atomic E-state index is 0.00891. The topological polar surface area (TPSA) is 81.9 Å². The van der Waals surface area contributed by atoms with Crippen LogP contribution < -0.4 is 14.4 Å². The summed E-state index contributed by atoms with van der Waals surface area (Å²) in [6.07, 6.45) is 1.79. The van der Waals surface area contributed by atoms with Crippen molar-refractivity contribution in [3.05, 3.63) is 97.9 Å². The molecular weight excluding hydrogens is 496 g/mol. The van der Waals surface area contributed by atoms with E-state index in [4.69, 9.17) is 21.7 Å². The third-order valence-electron chi connectivity index (χ3n) is 5.47. The van der Waals surface area contributed by atoms with Gasteiger partial charge in [0.25, 0.3) is 11.6 Å². The van der Waals surface area contributed by atoms with E-state index in [1.807, 2.05) is 45.0 Å². The van der Waals surface area contributed by atoms with Gasteiger partial charge in [0.05, 0.1) is 22.1 Å². The number of hydrogen-bond acceptors (Lipinski definition) is 7. The summed E-state index contributed by atoms with van der Waals surface area (Å²) in [6, 6.07) is 17.6. The summed E-state index contributed by atoms with van der Waals surface area (Å²) in [7, 11) is 0. The Labute approximate surface area is 218 Å². The second kappa shape index (κ2) is 10.9. The van der Waals surface area contributed by atoms with Crippen molar-refractivity contribution in [2.45, 2.75) is 27.4 Å². The maximum atomic E-state index is 13.2. The first kappa shape index (κ1) is 25.4. The molecular formula is C27H24N2O5S2. The largest absolute Gasteiger partial charge is 0.490 e. The first-order valence-electron chi connectivity index (χ1n) is 11.2. The van der Waals surface area contributed by atoms with Crippen LogP contribution in [0.25, 0.3) is 6.08 Å². The molecule has 0 radical (unpaired) electrons. The molecule has 1 fully saturated rings. The predicted molar refractivity (Wildman–Crippen MR) is 147 cm³/mol. The molecule has 3 aromatic rings. The molecule has 184 valence electrons. The van der Waals surface area contributed by atoms with Gasteiger partial charge in [0.1, 0.15) is 6.61 Å². The van der Waals surface area contributed by atoms with Crippen LogP contribution in [0.2, 0.25) is 0 Å². The number of benzene rings is 3. The number of hydrogen-bond donors (Lipinski definition) is 0. The van der Waals surface area contributed by atoms with Crippen LogP contribution in [-0.2, 0) is 11.4 Å². The second-order valence-electron chi connectivity index (χ2n) is 8.16. The van der Waals surface area contributed by atoms with Gasteiger partial charge in [-0.15, -0.1) is 0 Å². The average molecular weight is 521 g/mol. The zero-order chi connectivity index (χ0) is 25.8. The molecule has 36 heavy (non-hydrogen) atoms. The van der Waals surface area contributed by atoms with E-state index in [1.165, 1.54) is 23.9 Å². The van der Waals surface area contributed by atoms with E-state index in [0.29, 0.717) is 32.9 Å². The summed E-state index contributed by atoms with van der Waals surface area (Å²) >= 11 is 6.78. The van der Waals surface area contributed by atoms with Gasteiger partial charge < -0.3 is 9.47 Å². The van der Waals surface area contributed by atoms with Crippen molar-refractivity contribution in [3.8, 4) is 11.5 Å². The Morgan fingerprint density at radius 3 is 2.58 bits per heavy atom. The molecule has 0 atom stereocenters. The van der Waals surface area contributed by atoms with Crippen LogP contribution in [0.4, 0.5) is 11.4 Å². The number of carbonyl (C=O) groups is 1. The monoisotopic (exact) mass is 520 g/mol. The molecule has 4 rings (SSSR count). The number of ether oxygens (including phenoxy) is 2. The van der Waals surface area contributed by atoms with Crippen LogP contribution >= 0.6 is 24.0 Å². The smallest absolute Gasteiger partial charge is 0.270 e. The lowest BCUT2D eigenvalue weighted by molar-refractivity contribution is -0.384. The van der Waals surface area contributed by atoms with Gasteiger partial charge in [0.15, 0.2) is 15.8 Å². The van der Waals surface area contributed by atoms with Crippen molar-refractivity contribution in [2.75, 3.05) is 11.5 Å². The number of aryl methyl sites for hydroxylation is 2. The molecule has 0 spiro atoms. The Morgan fingerprint density at radius 2 is 1.86 bits per heavy atom. The Hall–Kier alpha value is -3.69. The number of rotatable bonds is 8. The molecule has 1 heterocycles. The summed E-state index contributed by atoms with van der Waals surface area (Å²) in [5.74, 6) is 0.853. The summed E-state index contributed by atoms with van der Waals surface area (Å²) in [6.45, 7) is 6.41. The number of non-ortho nitro benzene ring substituents is 1. The third kappa shape index (κ3) is 5.58. The van der Waals surface area contributed by atoms with E-state index < -0.39 is 4.92 Å². The number of anilines is 1. The minimum Gasteiger partial charge on any atom is -0.490 e. The van der Waals surface area contributed by atoms with E-state index in [1.54, 1.807) is 35.2 Å². The molecule has 0 saturated carbocycles. The van der Waals surface area contributed by atoms with Gasteiger partial charge in [-0.25, -0.2) is 0 Å². The molecule has 7 nitrogen and oxygen atoms in total. The first-order chi connectivity index (χ1) is 17.3. The fourth-order valence-corrected chi connectivity index (χ4v) is 5.09. The van der Waals surface area contributed by atoms with Gasteiger partial charge in [-0.3, -0.25) is 19.8 Å². The van der Waals surface area contributed by atoms with E-state index in [9.17, 15) is 14.9 Å². The van der Waals surface area contributed by atoms with Gasteiger partial charge in [0.2, 0.25) is 0 Å². The highest BCUT2D eigenvalue weighted by atomic mass is 32.2. The first-order valence-corrected chi connectivity index (χ1v) is 12.5. The van der Waals surface area contributed by atoms with Crippen LogP contribution in [0.5, 0.6) is 11.5 Å². The van der Waals surface area contributed by atoms with Crippen molar-refractivity contribution in [3.63, 3.8) is 0 Å². The molecule has 1 aliphatic rings. The quantitative estimate of drug-likeness (QED) is 0.143. The standard InChI is InChI=1S/C27H24N2O5S2/c1-4-33-24-14-19(9-11-23(24)34-16-20-6-5-7-21(13-20)29(31)32)15-25-26(30)28(27(35)36-25)22-10-8-17(2)12-18(22)3/h5-15H,4,16H2,1-3H3/b25-15-. The molecule has 0 aromatic heterocycles.